The Bertz CT molecular complexity index is 510. The van der Waals surface area contributed by atoms with Gasteiger partial charge in [0.1, 0.15) is 11.5 Å². The van der Waals surface area contributed by atoms with E-state index in [9.17, 15) is 31.9 Å². The summed E-state index contributed by atoms with van der Waals surface area (Å²) in [5.74, 6) is -9.28. The average Bonchev–Trinajstić information content (AvgIpc) is 2.28. The second-order valence-electron chi connectivity index (χ2n) is 3.33. The lowest BCUT2D eigenvalue weighted by Crippen LogP contribution is -2.43. The number of hydrogen-bond acceptors (Lipinski definition) is 3. The van der Waals surface area contributed by atoms with Crippen LogP contribution in [0.15, 0.2) is 24.4 Å². The Kier molecular flexibility index (Phi) is 4.14. The van der Waals surface area contributed by atoms with Crippen LogP contribution in [0.4, 0.5) is 22.0 Å². The van der Waals surface area contributed by atoms with Crippen LogP contribution in [0, 0.1) is 0 Å². The van der Waals surface area contributed by atoms with Crippen LogP contribution in [-0.4, -0.2) is 28.0 Å². The van der Waals surface area contributed by atoms with Gasteiger partial charge in [0.2, 0.25) is 5.78 Å². The van der Waals surface area contributed by atoms with Crippen molar-refractivity contribution in [2.75, 3.05) is 0 Å². The van der Waals surface area contributed by atoms with Crippen molar-refractivity contribution in [3.63, 3.8) is 0 Å². The molecule has 1 rings (SSSR count). The van der Waals surface area contributed by atoms with E-state index >= 15 is 0 Å². The first-order valence-corrected chi connectivity index (χ1v) is 4.95. The van der Waals surface area contributed by atoms with Crippen molar-refractivity contribution in [3.8, 4) is 0 Å². The van der Waals surface area contributed by atoms with Gasteiger partial charge in [-0.2, -0.15) is 22.0 Å². The molecule has 1 aromatic heterocycles. The normalized spacial score (nSPS) is 13.5. The van der Waals surface area contributed by atoms with Crippen LogP contribution < -0.4 is 0 Å². The van der Waals surface area contributed by atoms with Crippen LogP contribution in [0.3, 0.4) is 0 Å². The van der Waals surface area contributed by atoms with E-state index in [1.165, 1.54) is 6.07 Å². The number of pyridine rings is 1. The van der Waals surface area contributed by atoms with E-state index in [0.29, 0.717) is 0 Å². The average molecular weight is 302 g/mol. The number of aliphatic hydroxyl groups is 1. The Hall–Kier alpha value is -1.70. The Morgan fingerprint density at radius 1 is 1.26 bits per heavy atom. The van der Waals surface area contributed by atoms with Gasteiger partial charge in [-0.25, -0.2) is 0 Å². The summed E-state index contributed by atoms with van der Waals surface area (Å²) < 4.78 is 60.8. The largest absolute Gasteiger partial charge is 0.506 e. The van der Waals surface area contributed by atoms with Crippen molar-refractivity contribution in [1.29, 1.82) is 0 Å². The number of aliphatic hydroxyl groups excluding tert-OH is 1. The van der Waals surface area contributed by atoms with Crippen molar-refractivity contribution in [3.05, 3.63) is 35.1 Å². The van der Waals surface area contributed by atoms with E-state index in [4.69, 9.17) is 11.6 Å². The maximum atomic E-state index is 12.6. The van der Waals surface area contributed by atoms with Gasteiger partial charge in [-0.05, 0) is 12.1 Å². The zero-order valence-electron chi connectivity index (χ0n) is 8.88. The number of ketones is 1. The first-order valence-electron chi connectivity index (χ1n) is 4.57. The molecule has 0 bridgehead atoms. The third-order valence-electron chi connectivity index (χ3n) is 1.92. The lowest BCUT2D eigenvalue weighted by atomic mass is 10.1. The van der Waals surface area contributed by atoms with Crippen molar-refractivity contribution in [1.82, 2.24) is 4.98 Å². The first-order chi connectivity index (χ1) is 8.55. The van der Waals surface area contributed by atoms with E-state index in [1.54, 1.807) is 0 Å². The Morgan fingerprint density at radius 2 is 1.84 bits per heavy atom. The second-order valence-corrected chi connectivity index (χ2v) is 3.76. The Balaban J connectivity index is 3.03. The third kappa shape index (κ3) is 3.40. The number of carbonyl (C=O) groups is 1. The molecule has 0 atom stereocenters. The van der Waals surface area contributed by atoms with Gasteiger partial charge < -0.3 is 5.11 Å². The summed E-state index contributed by atoms with van der Waals surface area (Å²) in [7, 11) is 0. The van der Waals surface area contributed by atoms with Crippen molar-refractivity contribution in [2.45, 2.75) is 12.1 Å². The summed E-state index contributed by atoms with van der Waals surface area (Å²) in [6, 6.07) is 2.26. The van der Waals surface area contributed by atoms with Gasteiger partial charge >= 0.3 is 12.1 Å². The number of halogens is 6. The highest BCUT2D eigenvalue weighted by Gasteiger charge is 2.62. The molecule has 0 radical (unpaired) electrons. The van der Waals surface area contributed by atoms with Gasteiger partial charge in [0, 0.05) is 12.3 Å². The van der Waals surface area contributed by atoms with Gasteiger partial charge in [-0.15, -0.1) is 0 Å². The lowest BCUT2D eigenvalue weighted by molar-refractivity contribution is -0.266. The Morgan fingerprint density at radius 3 is 2.26 bits per heavy atom. The quantitative estimate of drug-likeness (QED) is 0.529. The predicted molar refractivity (Wildman–Crippen MR) is 55.9 cm³/mol. The molecular weight excluding hydrogens is 297 g/mol. The summed E-state index contributed by atoms with van der Waals surface area (Å²) in [4.78, 5) is 14.2. The van der Waals surface area contributed by atoms with Gasteiger partial charge in [0.15, 0.2) is 0 Å². The molecule has 19 heavy (non-hydrogen) atoms. The standard InChI is InChI=1S/C10H5ClF5NO2/c11-5-1-2-6(17-4-5)7(18)3-8(19)9(12,13)10(14,15)16/h1-4,18H/b7-3-. The third-order valence-corrected chi connectivity index (χ3v) is 2.15. The molecule has 0 aliphatic rings. The maximum absolute atomic E-state index is 12.6. The van der Waals surface area contributed by atoms with Crippen molar-refractivity contribution < 1.29 is 31.9 Å². The molecular formula is C10H5ClF5NO2. The van der Waals surface area contributed by atoms with Gasteiger partial charge in [0.05, 0.1) is 5.02 Å². The molecule has 0 aliphatic carbocycles. The molecule has 1 heterocycles. The summed E-state index contributed by atoms with van der Waals surface area (Å²) in [6.07, 6.45) is -5.24. The predicted octanol–water partition coefficient (Wildman–Crippen LogP) is 3.40. The van der Waals surface area contributed by atoms with E-state index < -0.39 is 23.6 Å². The van der Waals surface area contributed by atoms with Gasteiger partial charge in [-0.3, -0.25) is 9.78 Å². The SMILES string of the molecule is O=C(/C=C(\O)c1ccc(Cl)cn1)C(F)(F)C(F)(F)F. The number of aromatic nitrogens is 1. The molecule has 0 unspecified atom stereocenters. The van der Waals surface area contributed by atoms with E-state index in [1.807, 2.05) is 0 Å². The fourth-order valence-corrected chi connectivity index (χ4v) is 1.07. The zero-order valence-corrected chi connectivity index (χ0v) is 9.64. The lowest BCUT2D eigenvalue weighted by Gasteiger charge is -2.16. The fourth-order valence-electron chi connectivity index (χ4n) is 0.956. The minimum atomic E-state index is -6.03. The maximum Gasteiger partial charge on any atom is 0.461 e. The van der Waals surface area contributed by atoms with Crippen molar-refractivity contribution in [2.24, 2.45) is 0 Å². The molecule has 0 aliphatic heterocycles. The summed E-state index contributed by atoms with van der Waals surface area (Å²) in [5.41, 5.74) is -0.365. The van der Waals surface area contributed by atoms with Crippen LogP contribution in [-0.2, 0) is 4.79 Å². The number of rotatable bonds is 3. The van der Waals surface area contributed by atoms with Crippen LogP contribution in [0.25, 0.3) is 5.76 Å². The minimum Gasteiger partial charge on any atom is -0.506 e. The number of allylic oxidation sites excluding steroid dienone is 1. The molecule has 1 N–H and O–H groups in total. The number of nitrogens with zero attached hydrogens (tertiary/aromatic N) is 1. The van der Waals surface area contributed by atoms with Gasteiger partial charge in [0.25, 0.3) is 0 Å². The van der Waals surface area contributed by atoms with Crippen LogP contribution in [0.2, 0.25) is 5.02 Å². The number of alkyl halides is 5. The summed E-state index contributed by atoms with van der Waals surface area (Å²) in [5, 5.41) is 9.40. The van der Waals surface area contributed by atoms with E-state index in [-0.39, 0.29) is 16.8 Å². The molecule has 0 saturated heterocycles. The molecule has 1 aromatic rings. The minimum absolute atomic E-state index is 0.156. The highest BCUT2D eigenvalue weighted by Crippen LogP contribution is 2.36. The fraction of sp³-hybridized carbons (Fsp3) is 0.200. The second kappa shape index (κ2) is 5.12. The van der Waals surface area contributed by atoms with Crippen LogP contribution in [0.5, 0.6) is 0 Å². The van der Waals surface area contributed by atoms with Crippen LogP contribution >= 0.6 is 11.6 Å². The van der Waals surface area contributed by atoms with E-state index in [0.717, 1.165) is 12.3 Å². The monoisotopic (exact) mass is 301 g/mol. The molecule has 3 nitrogen and oxygen atoms in total. The molecule has 104 valence electrons. The summed E-state index contributed by atoms with van der Waals surface area (Å²) >= 11 is 5.46. The smallest absolute Gasteiger partial charge is 0.461 e. The molecule has 0 aromatic carbocycles. The molecule has 0 saturated carbocycles. The number of hydrogen-bond donors (Lipinski definition) is 1. The molecule has 9 heteroatoms. The first kappa shape index (κ1) is 15.4. The topological polar surface area (TPSA) is 50.2 Å². The Labute approximate surface area is 108 Å². The molecule has 0 amide bonds. The highest BCUT2D eigenvalue weighted by atomic mass is 35.5. The molecule has 0 fully saturated rings. The van der Waals surface area contributed by atoms with E-state index in [2.05, 4.69) is 4.98 Å². The van der Waals surface area contributed by atoms with Crippen molar-refractivity contribution >= 4 is 23.1 Å². The summed E-state index contributed by atoms with van der Waals surface area (Å²) in [6.45, 7) is 0. The number of carbonyl (C=O) groups excluding carboxylic acids is 1. The van der Waals surface area contributed by atoms with Gasteiger partial charge in [-0.1, -0.05) is 11.6 Å². The zero-order chi connectivity index (χ0) is 14.8. The highest BCUT2D eigenvalue weighted by molar-refractivity contribution is 6.30. The van der Waals surface area contributed by atoms with Crippen LogP contribution in [0.1, 0.15) is 5.69 Å². The molecule has 0 spiro atoms.